The van der Waals surface area contributed by atoms with Gasteiger partial charge in [0.1, 0.15) is 0 Å². The van der Waals surface area contributed by atoms with Gasteiger partial charge in [0.2, 0.25) is 0 Å². The zero-order valence-electron chi connectivity index (χ0n) is 30.9. The van der Waals surface area contributed by atoms with Crippen LogP contribution >= 0.6 is 0 Å². The third-order valence-corrected chi connectivity index (χ3v) is 11.9. The molecule has 0 saturated carbocycles. The van der Waals surface area contributed by atoms with E-state index in [0.717, 1.165) is 11.1 Å². The minimum atomic E-state index is 1.06. The number of allylic oxidation sites excluding steroid dienone is 4. The molecule has 0 heteroatoms. The van der Waals surface area contributed by atoms with Gasteiger partial charge in [0, 0.05) is 0 Å². The van der Waals surface area contributed by atoms with Gasteiger partial charge in [0.25, 0.3) is 0 Å². The van der Waals surface area contributed by atoms with Crippen LogP contribution in [0, 0.1) is 0 Å². The average Bonchev–Trinajstić information content (AvgIpc) is 3.26. The fourth-order valence-electron chi connectivity index (χ4n) is 9.36. The van der Waals surface area contributed by atoms with Gasteiger partial charge in [-0.2, -0.15) is 0 Å². The molecule has 0 fully saturated rings. The van der Waals surface area contributed by atoms with Crippen LogP contribution in [-0.4, -0.2) is 0 Å². The molecule has 260 valence electrons. The zero-order valence-corrected chi connectivity index (χ0v) is 30.9. The van der Waals surface area contributed by atoms with Crippen molar-refractivity contribution in [3.63, 3.8) is 0 Å². The molecule has 11 aromatic rings. The lowest BCUT2D eigenvalue weighted by Crippen LogP contribution is -1.93. The van der Waals surface area contributed by atoms with Crippen LogP contribution in [-0.2, 0) is 0 Å². The molecule has 0 aliphatic heterocycles. The lowest BCUT2D eigenvalue weighted by molar-refractivity contribution is 1.61. The maximum atomic E-state index is 4.01. The van der Waals surface area contributed by atoms with E-state index in [0.29, 0.717) is 0 Å². The summed E-state index contributed by atoms with van der Waals surface area (Å²) in [4.78, 5) is 0. The number of benzene rings is 11. The minimum Gasteiger partial charge on any atom is -0.0990 e. The van der Waals surface area contributed by atoms with Crippen molar-refractivity contribution in [3.05, 3.63) is 213 Å². The first kappa shape index (κ1) is 32.2. The highest BCUT2D eigenvalue weighted by atomic mass is 14.2. The number of hydrogen-bond donors (Lipinski definition) is 0. The Bertz CT molecular complexity index is 3340. The molecule has 11 rings (SSSR count). The summed E-state index contributed by atoms with van der Waals surface area (Å²) in [5.41, 5.74) is 12.2. The van der Waals surface area contributed by atoms with Crippen LogP contribution in [0.25, 0.3) is 115 Å². The summed E-state index contributed by atoms with van der Waals surface area (Å²) in [6.45, 7) is 7.88. The van der Waals surface area contributed by atoms with Gasteiger partial charge in [-0.3, -0.25) is 0 Å². The Morgan fingerprint density at radius 2 is 0.714 bits per heavy atom. The molecule has 0 nitrogen and oxygen atoms in total. The van der Waals surface area contributed by atoms with E-state index in [4.69, 9.17) is 0 Å². The SMILES string of the molecule is C=C/C=C(\C=C)c1ccc(-c2cc3cccc4c(-c5cc6cccc7c(-c8ccc(-c9ccccc9)cc8)cc8cccc5c8c67)cc5cccc2c5c34)cc1. The minimum absolute atomic E-state index is 1.06. The topological polar surface area (TPSA) is 0 Å². The summed E-state index contributed by atoms with van der Waals surface area (Å²) in [6, 6.07) is 65.4. The van der Waals surface area contributed by atoms with E-state index < -0.39 is 0 Å². The van der Waals surface area contributed by atoms with E-state index in [-0.39, 0.29) is 0 Å². The quantitative estimate of drug-likeness (QED) is 0.114. The maximum Gasteiger partial charge on any atom is -0.00201 e. The molecule has 0 saturated heterocycles. The predicted octanol–water partition coefficient (Wildman–Crippen LogP) is 15.9. The molecule has 0 aliphatic carbocycles. The molecule has 0 N–H and O–H groups in total. The molecule has 0 aliphatic rings. The average molecular weight is 709 g/mol. The van der Waals surface area contributed by atoms with Gasteiger partial charge in [-0.25, -0.2) is 0 Å². The molecular weight excluding hydrogens is 673 g/mol. The van der Waals surface area contributed by atoms with E-state index in [1.165, 1.54) is 109 Å². The molecule has 0 amide bonds. The first-order chi connectivity index (χ1) is 27.7. The Kier molecular flexibility index (Phi) is 7.27. The van der Waals surface area contributed by atoms with E-state index in [2.05, 4.69) is 189 Å². The molecule has 0 unspecified atom stereocenters. The summed E-state index contributed by atoms with van der Waals surface area (Å²) >= 11 is 0. The van der Waals surface area contributed by atoms with Crippen LogP contribution < -0.4 is 0 Å². The highest BCUT2D eigenvalue weighted by molar-refractivity contribution is 6.33. The first-order valence-corrected chi connectivity index (χ1v) is 19.3. The molecule has 0 radical (unpaired) electrons. The summed E-state index contributed by atoms with van der Waals surface area (Å²) in [5.74, 6) is 0. The summed E-state index contributed by atoms with van der Waals surface area (Å²) in [7, 11) is 0. The fourth-order valence-corrected chi connectivity index (χ4v) is 9.36. The second kappa shape index (κ2) is 12.7. The van der Waals surface area contributed by atoms with Crippen molar-refractivity contribution >= 4 is 70.2 Å². The highest BCUT2D eigenvalue weighted by Gasteiger charge is 2.21. The van der Waals surface area contributed by atoms with Crippen LogP contribution in [0.2, 0.25) is 0 Å². The zero-order chi connectivity index (χ0) is 37.3. The predicted molar refractivity (Wildman–Crippen MR) is 244 cm³/mol. The van der Waals surface area contributed by atoms with Gasteiger partial charge >= 0.3 is 0 Å². The number of hydrogen-bond acceptors (Lipinski definition) is 0. The largest absolute Gasteiger partial charge is 0.0990 e. The van der Waals surface area contributed by atoms with Crippen LogP contribution in [0.4, 0.5) is 0 Å². The van der Waals surface area contributed by atoms with Crippen molar-refractivity contribution in [2.75, 3.05) is 0 Å². The van der Waals surface area contributed by atoms with Gasteiger partial charge in [-0.15, -0.1) is 0 Å². The molecule has 0 spiro atoms. The van der Waals surface area contributed by atoms with Crippen LogP contribution in [0.1, 0.15) is 5.56 Å². The molecule has 0 heterocycles. The van der Waals surface area contributed by atoms with Crippen molar-refractivity contribution in [2.24, 2.45) is 0 Å². The van der Waals surface area contributed by atoms with Gasteiger partial charge in [0.05, 0.1) is 0 Å². The van der Waals surface area contributed by atoms with Crippen LogP contribution in [0.15, 0.2) is 207 Å². The molecule has 11 aromatic carbocycles. The Labute approximate surface area is 326 Å². The molecule has 0 atom stereocenters. The number of rotatable bonds is 7. The summed E-state index contributed by atoms with van der Waals surface area (Å²) in [6.07, 6.45) is 5.70. The van der Waals surface area contributed by atoms with Crippen molar-refractivity contribution in [1.82, 2.24) is 0 Å². The van der Waals surface area contributed by atoms with Crippen LogP contribution in [0.5, 0.6) is 0 Å². The Balaban J connectivity index is 1.11. The summed E-state index contributed by atoms with van der Waals surface area (Å²) < 4.78 is 0. The van der Waals surface area contributed by atoms with Crippen molar-refractivity contribution in [2.45, 2.75) is 0 Å². The van der Waals surface area contributed by atoms with Crippen molar-refractivity contribution in [1.29, 1.82) is 0 Å². The molecule has 0 aromatic heterocycles. The lowest BCUT2D eigenvalue weighted by Gasteiger charge is -2.21. The Morgan fingerprint density at radius 1 is 0.339 bits per heavy atom. The van der Waals surface area contributed by atoms with E-state index in [1.54, 1.807) is 0 Å². The van der Waals surface area contributed by atoms with Crippen LogP contribution in [0.3, 0.4) is 0 Å². The third kappa shape index (κ3) is 4.86. The Morgan fingerprint density at radius 3 is 1.14 bits per heavy atom. The van der Waals surface area contributed by atoms with Crippen molar-refractivity contribution < 1.29 is 0 Å². The second-order valence-corrected chi connectivity index (χ2v) is 14.9. The maximum absolute atomic E-state index is 4.01. The first-order valence-electron chi connectivity index (χ1n) is 19.3. The van der Waals surface area contributed by atoms with Gasteiger partial charge in [-0.05, 0) is 145 Å². The summed E-state index contributed by atoms with van der Waals surface area (Å²) in [5, 5.41) is 15.5. The fraction of sp³-hybridized carbons (Fsp3) is 0. The lowest BCUT2D eigenvalue weighted by atomic mass is 9.82. The third-order valence-electron chi connectivity index (χ3n) is 11.9. The van der Waals surface area contributed by atoms with E-state index >= 15 is 0 Å². The molecule has 0 bridgehead atoms. The van der Waals surface area contributed by atoms with E-state index in [1.807, 2.05) is 18.2 Å². The molecule has 56 heavy (non-hydrogen) atoms. The normalized spacial score (nSPS) is 12.2. The standard InChI is InChI=1S/C56H36/c1-3-12-35(4-2)37-23-27-39(28-24-37)49-31-41-15-10-21-47-51(33-43-17-8-19-45(49)53(43)55(41)47)52-34-44-18-9-20-46-50(32-42-16-11-22-48(52)56(42)54(44)46)40-29-25-38(26-30-40)36-13-6-5-7-14-36/h3-34H,1-2H2/b35-12+. The van der Waals surface area contributed by atoms with Crippen molar-refractivity contribution in [3.8, 4) is 44.5 Å². The molecular formula is C56H36. The van der Waals surface area contributed by atoms with E-state index in [9.17, 15) is 0 Å². The van der Waals surface area contributed by atoms with Gasteiger partial charge < -0.3 is 0 Å². The van der Waals surface area contributed by atoms with Gasteiger partial charge in [0.15, 0.2) is 0 Å². The smallest absolute Gasteiger partial charge is 0.00201 e. The monoisotopic (exact) mass is 708 g/mol. The second-order valence-electron chi connectivity index (χ2n) is 14.9. The van der Waals surface area contributed by atoms with Gasteiger partial charge in [-0.1, -0.05) is 183 Å². The Hall–Kier alpha value is -7.28. The highest BCUT2D eigenvalue weighted by Crippen LogP contribution is 2.48.